The summed E-state index contributed by atoms with van der Waals surface area (Å²) in [5.41, 5.74) is 14.3. The second-order valence-electron chi connectivity index (χ2n) is 17.0. The van der Waals surface area contributed by atoms with E-state index in [0.717, 1.165) is 27.6 Å². The summed E-state index contributed by atoms with van der Waals surface area (Å²) in [7, 11) is 0. The zero-order chi connectivity index (χ0) is 36.7. The molecule has 0 bridgehead atoms. The Morgan fingerprint density at radius 2 is 1.06 bits per heavy atom. The van der Waals surface area contributed by atoms with Crippen LogP contribution in [0.5, 0.6) is 0 Å². The van der Waals surface area contributed by atoms with Gasteiger partial charge in [0.2, 0.25) is 0 Å². The lowest BCUT2D eigenvalue weighted by Gasteiger charge is -2.44. The van der Waals surface area contributed by atoms with Crippen LogP contribution in [0.2, 0.25) is 0 Å². The third-order valence-corrected chi connectivity index (χ3v) is 14.0. The van der Waals surface area contributed by atoms with Crippen molar-refractivity contribution >= 4 is 65.6 Å². The molecule has 54 heavy (non-hydrogen) atoms. The molecule has 0 saturated carbocycles. The molecule has 10 aromatic rings. The first kappa shape index (κ1) is 31.5. The highest BCUT2D eigenvalue weighted by Gasteiger charge is 2.57. The second-order valence-corrected chi connectivity index (χ2v) is 17.0. The SMILES string of the molecule is CC1(C)c2ccc3c(c2C(C)(C)C1(C)C)c1cc(-c2ccc4c(c2)c2ccccc2n4-c2cccc4c2oc2ccccc24)ccc1n3-c1ccccc1. The number of fused-ring (bicyclic) bond motifs is 11. The molecule has 0 fully saturated rings. The summed E-state index contributed by atoms with van der Waals surface area (Å²) in [6.45, 7) is 14.7. The molecule has 0 amide bonds. The first-order valence-electron chi connectivity index (χ1n) is 19.2. The molecule has 0 radical (unpaired) electrons. The van der Waals surface area contributed by atoms with Gasteiger partial charge in [0.15, 0.2) is 5.58 Å². The van der Waals surface area contributed by atoms with Gasteiger partial charge < -0.3 is 13.6 Å². The molecule has 1 aliphatic carbocycles. The zero-order valence-electron chi connectivity index (χ0n) is 31.7. The van der Waals surface area contributed by atoms with E-state index in [1.807, 2.05) is 6.07 Å². The number of benzene rings is 7. The Morgan fingerprint density at radius 1 is 0.444 bits per heavy atom. The highest BCUT2D eigenvalue weighted by Crippen LogP contribution is 2.63. The van der Waals surface area contributed by atoms with E-state index in [1.165, 1.54) is 71.6 Å². The van der Waals surface area contributed by atoms with Crippen molar-refractivity contribution in [1.29, 1.82) is 0 Å². The van der Waals surface area contributed by atoms with E-state index >= 15 is 0 Å². The van der Waals surface area contributed by atoms with Crippen molar-refractivity contribution < 1.29 is 4.42 Å². The van der Waals surface area contributed by atoms with E-state index in [1.54, 1.807) is 0 Å². The van der Waals surface area contributed by atoms with Gasteiger partial charge in [0.1, 0.15) is 5.58 Å². The normalized spacial score (nSPS) is 16.0. The van der Waals surface area contributed by atoms with E-state index < -0.39 is 0 Å². The Kier molecular flexibility index (Phi) is 6.14. The number of para-hydroxylation sites is 4. The molecule has 0 saturated heterocycles. The maximum atomic E-state index is 6.56. The van der Waals surface area contributed by atoms with Gasteiger partial charge >= 0.3 is 0 Å². The van der Waals surface area contributed by atoms with Crippen molar-refractivity contribution in [2.24, 2.45) is 5.41 Å². The number of aromatic nitrogens is 2. The van der Waals surface area contributed by atoms with Crippen LogP contribution in [0.25, 0.3) is 88.1 Å². The molecule has 0 aliphatic heterocycles. The second kappa shape index (κ2) is 10.5. The number of hydrogen-bond acceptors (Lipinski definition) is 1. The molecule has 7 aromatic carbocycles. The number of hydrogen-bond donors (Lipinski definition) is 0. The summed E-state index contributed by atoms with van der Waals surface area (Å²) in [4.78, 5) is 0. The quantitative estimate of drug-likeness (QED) is 0.180. The average Bonchev–Trinajstić information content (AvgIpc) is 3.87. The lowest BCUT2D eigenvalue weighted by molar-refractivity contribution is 0.125. The van der Waals surface area contributed by atoms with Crippen LogP contribution in [0.4, 0.5) is 0 Å². The molecule has 0 N–H and O–H groups in total. The minimum atomic E-state index is -0.0411. The Hall–Kier alpha value is -6.06. The smallest absolute Gasteiger partial charge is 0.159 e. The van der Waals surface area contributed by atoms with Crippen molar-refractivity contribution in [3.8, 4) is 22.5 Å². The summed E-state index contributed by atoms with van der Waals surface area (Å²) in [6, 6.07) is 53.4. The molecule has 11 rings (SSSR count). The van der Waals surface area contributed by atoms with Gasteiger partial charge in [-0.2, -0.15) is 0 Å². The highest BCUT2D eigenvalue weighted by molar-refractivity contribution is 6.15. The van der Waals surface area contributed by atoms with Crippen LogP contribution >= 0.6 is 0 Å². The van der Waals surface area contributed by atoms with Gasteiger partial charge in [-0.05, 0) is 99.2 Å². The third-order valence-electron chi connectivity index (χ3n) is 14.0. The molecule has 0 atom stereocenters. The first-order chi connectivity index (χ1) is 26.1. The van der Waals surface area contributed by atoms with Crippen LogP contribution in [-0.4, -0.2) is 9.13 Å². The minimum Gasteiger partial charge on any atom is -0.454 e. The molecule has 0 spiro atoms. The topological polar surface area (TPSA) is 23.0 Å². The Morgan fingerprint density at radius 3 is 1.83 bits per heavy atom. The standard InChI is InChI=1S/C51H42N2O/c1-49(2)39-25-28-43-46(47(39)50(3,4)51(49,5)6)38-30-32(24-27-42(38)52(43)33-15-8-7-9-16-33)31-23-26-41-37(29-31)34-17-10-12-20-40(34)53(41)44-21-14-19-36-35-18-11-13-22-45(35)54-48(36)44/h7-30H,1-6H3. The van der Waals surface area contributed by atoms with Gasteiger partial charge in [0, 0.05) is 38.0 Å². The molecule has 3 heterocycles. The Labute approximate surface area is 315 Å². The molecule has 3 heteroatoms. The lowest BCUT2D eigenvalue weighted by atomic mass is 9.59. The number of rotatable bonds is 3. The van der Waals surface area contributed by atoms with Gasteiger partial charge in [0.05, 0.1) is 27.8 Å². The maximum absolute atomic E-state index is 6.56. The van der Waals surface area contributed by atoms with E-state index in [4.69, 9.17) is 4.42 Å². The van der Waals surface area contributed by atoms with Crippen molar-refractivity contribution in [3.05, 3.63) is 157 Å². The van der Waals surface area contributed by atoms with Crippen LogP contribution in [0.3, 0.4) is 0 Å². The van der Waals surface area contributed by atoms with Crippen molar-refractivity contribution in [3.63, 3.8) is 0 Å². The molecule has 262 valence electrons. The number of nitrogens with zero attached hydrogens (tertiary/aromatic N) is 2. The summed E-state index contributed by atoms with van der Waals surface area (Å²) in [6.07, 6.45) is 0. The lowest BCUT2D eigenvalue weighted by Crippen LogP contribution is -2.42. The predicted octanol–water partition coefficient (Wildman–Crippen LogP) is 14.0. The summed E-state index contributed by atoms with van der Waals surface area (Å²) in [5.74, 6) is 0. The van der Waals surface area contributed by atoms with Gasteiger partial charge in [-0.1, -0.05) is 126 Å². The van der Waals surface area contributed by atoms with E-state index in [-0.39, 0.29) is 16.2 Å². The van der Waals surface area contributed by atoms with Crippen LogP contribution in [-0.2, 0) is 10.8 Å². The fourth-order valence-corrected chi connectivity index (χ4v) is 10.1. The van der Waals surface area contributed by atoms with Gasteiger partial charge in [-0.15, -0.1) is 0 Å². The van der Waals surface area contributed by atoms with Crippen LogP contribution in [0.15, 0.2) is 150 Å². The fourth-order valence-electron chi connectivity index (χ4n) is 10.1. The van der Waals surface area contributed by atoms with Crippen LogP contribution in [0, 0.1) is 5.41 Å². The van der Waals surface area contributed by atoms with Gasteiger partial charge in [0.25, 0.3) is 0 Å². The van der Waals surface area contributed by atoms with Crippen LogP contribution in [0.1, 0.15) is 52.7 Å². The van der Waals surface area contributed by atoms with Crippen molar-refractivity contribution in [2.75, 3.05) is 0 Å². The molecular weight excluding hydrogens is 657 g/mol. The number of furan rings is 1. The summed E-state index contributed by atoms with van der Waals surface area (Å²) < 4.78 is 11.4. The largest absolute Gasteiger partial charge is 0.454 e. The van der Waals surface area contributed by atoms with Crippen LogP contribution < -0.4 is 0 Å². The van der Waals surface area contributed by atoms with Gasteiger partial charge in [-0.25, -0.2) is 0 Å². The van der Waals surface area contributed by atoms with Crippen molar-refractivity contribution in [1.82, 2.24) is 9.13 Å². The van der Waals surface area contributed by atoms with E-state index in [0.29, 0.717) is 0 Å². The zero-order valence-corrected chi connectivity index (χ0v) is 31.7. The van der Waals surface area contributed by atoms with E-state index in [9.17, 15) is 0 Å². The summed E-state index contributed by atoms with van der Waals surface area (Å²) in [5, 5.41) is 7.43. The molecule has 3 aromatic heterocycles. The molecule has 1 aliphatic rings. The highest BCUT2D eigenvalue weighted by atomic mass is 16.3. The van der Waals surface area contributed by atoms with E-state index in [2.05, 4.69) is 190 Å². The third kappa shape index (κ3) is 3.86. The summed E-state index contributed by atoms with van der Waals surface area (Å²) >= 11 is 0. The van der Waals surface area contributed by atoms with Crippen molar-refractivity contribution in [2.45, 2.75) is 52.4 Å². The molecule has 0 unspecified atom stereocenters. The van der Waals surface area contributed by atoms with Gasteiger partial charge in [-0.3, -0.25) is 0 Å². The fraction of sp³-hybridized carbons (Fsp3) is 0.176. The first-order valence-corrected chi connectivity index (χ1v) is 19.2. The predicted molar refractivity (Wildman–Crippen MR) is 228 cm³/mol. The Bertz CT molecular complexity index is 3180. The average molecular weight is 699 g/mol. The maximum Gasteiger partial charge on any atom is 0.159 e. The molecule has 3 nitrogen and oxygen atoms in total. The Balaban J connectivity index is 1.17. The molecular formula is C51H42N2O. The monoisotopic (exact) mass is 698 g/mol. The minimum absolute atomic E-state index is 0.0186.